The molecule has 1 heterocycles. The molecule has 8 heteroatoms. The highest BCUT2D eigenvalue weighted by molar-refractivity contribution is 8.01. The number of carbonyl (C=O) groups excluding carboxylic acids is 1. The van der Waals surface area contributed by atoms with Crippen molar-refractivity contribution in [2.45, 2.75) is 17.3 Å². The van der Waals surface area contributed by atoms with Gasteiger partial charge in [-0.3, -0.25) is 4.79 Å². The van der Waals surface area contributed by atoms with Crippen LogP contribution >= 0.6 is 46.9 Å². The lowest BCUT2D eigenvalue weighted by Gasteiger charge is -2.13. The highest BCUT2D eigenvalue weighted by Gasteiger charge is 2.12. The molecule has 0 spiro atoms. The molecule has 1 aromatic heterocycles. The smallest absolute Gasteiger partial charge is 0.230 e. The molecule has 2 aromatic carbocycles. The maximum atomic E-state index is 12.2. The Bertz CT molecular complexity index is 938. The second kappa shape index (κ2) is 8.81. The minimum atomic E-state index is -0.0366. The molecule has 3 aromatic rings. The second-order valence-electron chi connectivity index (χ2n) is 5.51. The summed E-state index contributed by atoms with van der Waals surface area (Å²) >= 11 is 14.1. The van der Waals surface area contributed by atoms with Crippen molar-refractivity contribution in [2.24, 2.45) is 0 Å². The normalized spacial score (nSPS) is 11.9. The van der Waals surface area contributed by atoms with Crippen LogP contribution in [0.1, 0.15) is 18.5 Å². The summed E-state index contributed by atoms with van der Waals surface area (Å²) in [5.41, 5.74) is 1.93. The Morgan fingerprint density at radius 2 is 1.96 bits per heavy atom. The van der Waals surface area contributed by atoms with Crippen molar-refractivity contribution >= 4 is 52.8 Å². The molecular weight excluding hydrogens is 406 g/mol. The van der Waals surface area contributed by atoms with Gasteiger partial charge in [-0.2, -0.15) is 0 Å². The minimum Gasteiger partial charge on any atom is -0.349 e. The summed E-state index contributed by atoms with van der Waals surface area (Å²) in [6.07, 6.45) is 0. The van der Waals surface area contributed by atoms with Crippen LogP contribution in [0.5, 0.6) is 0 Å². The van der Waals surface area contributed by atoms with Crippen LogP contribution < -0.4 is 5.32 Å². The first-order valence-electron chi connectivity index (χ1n) is 7.86. The molecule has 4 nitrogen and oxygen atoms in total. The number of rotatable bonds is 6. The van der Waals surface area contributed by atoms with E-state index in [1.54, 1.807) is 16.8 Å². The molecule has 0 bridgehead atoms. The molecule has 0 fully saturated rings. The van der Waals surface area contributed by atoms with Crippen molar-refractivity contribution in [3.8, 4) is 5.69 Å². The SMILES string of the molecule is CC(NC(=O)CSc1nn(-c2ccc(Cl)cc2)c(=S)s1)c1ccccc1. The van der Waals surface area contributed by atoms with Crippen molar-refractivity contribution in [1.29, 1.82) is 0 Å². The number of thioether (sulfide) groups is 1. The molecule has 0 aliphatic rings. The topological polar surface area (TPSA) is 46.9 Å². The highest BCUT2D eigenvalue weighted by Crippen LogP contribution is 2.24. The number of aromatic nitrogens is 2. The van der Waals surface area contributed by atoms with Gasteiger partial charge in [-0.1, -0.05) is 65.0 Å². The fraction of sp³-hybridized carbons (Fsp3) is 0.167. The summed E-state index contributed by atoms with van der Waals surface area (Å²) in [5, 5.41) is 8.15. The fourth-order valence-electron chi connectivity index (χ4n) is 2.30. The van der Waals surface area contributed by atoms with Gasteiger partial charge >= 0.3 is 0 Å². The van der Waals surface area contributed by atoms with Gasteiger partial charge in [0.05, 0.1) is 17.5 Å². The second-order valence-corrected chi connectivity index (χ2v) is 8.79. The third kappa shape index (κ3) is 4.94. The first-order chi connectivity index (χ1) is 12.5. The predicted octanol–water partition coefficient (Wildman–Crippen LogP) is 5.29. The first-order valence-corrected chi connectivity index (χ1v) is 10.4. The molecule has 1 amide bonds. The van der Waals surface area contributed by atoms with Crippen LogP contribution in [0, 0.1) is 3.95 Å². The van der Waals surface area contributed by atoms with Gasteiger partial charge in [0.15, 0.2) is 8.29 Å². The number of hydrogen-bond donors (Lipinski definition) is 1. The first kappa shape index (κ1) is 19.1. The third-order valence-corrected chi connectivity index (χ3v) is 6.22. The Hall–Kier alpha value is -1.67. The van der Waals surface area contributed by atoms with Crippen molar-refractivity contribution in [2.75, 3.05) is 5.75 Å². The van der Waals surface area contributed by atoms with Gasteiger partial charge < -0.3 is 5.32 Å². The monoisotopic (exact) mass is 421 g/mol. The lowest BCUT2D eigenvalue weighted by molar-refractivity contribution is -0.119. The molecule has 0 saturated heterocycles. The van der Waals surface area contributed by atoms with E-state index < -0.39 is 0 Å². The Balaban J connectivity index is 1.60. The van der Waals surface area contributed by atoms with E-state index in [1.807, 2.05) is 49.4 Å². The van der Waals surface area contributed by atoms with Crippen LogP contribution in [-0.4, -0.2) is 21.4 Å². The molecule has 0 aliphatic heterocycles. The van der Waals surface area contributed by atoms with Crippen LogP contribution in [0.3, 0.4) is 0 Å². The molecule has 1 atom stereocenters. The molecule has 26 heavy (non-hydrogen) atoms. The molecule has 1 unspecified atom stereocenters. The molecule has 3 rings (SSSR count). The number of benzene rings is 2. The van der Waals surface area contributed by atoms with Gasteiger partial charge in [-0.15, -0.1) is 5.10 Å². The molecule has 0 saturated carbocycles. The Morgan fingerprint density at radius 1 is 1.27 bits per heavy atom. The fourth-order valence-corrected chi connectivity index (χ4v) is 4.60. The van der Waals surface area contributed by atoms with Crippen LogP contribution in [0.4, 0.5) is 0 Å². The summed E-state index contributed by atoms with van der Waals surface area (Å²) in [5.74, 6) is 0.255. The molecule has 1 N–H and O–H groups in total. The van der Waals surface area contributed by atoms with Crippen LogP contribution in [-0.2, 0) is 4.79 Å². The summed E-state index contributed by atoms with van der Waals surface area (Å²) in [6.45, 7) is 1.97. The maximum absolute atomic E-state index is 12.2. The lowest BCUT2D eigenvalue weighted by Crippen LogP contribution is -2.28. The summed E-state index contributed by atoms with van der Waals surface area (Å²) in [4.78, 5) is 12.2. The molecule has 134 valence electrons. The van der Waals surface area contributed by atoms with E-state index in [2.05, 4.69) is 10.4 Å². The number of hydrogen-bond acceptors (Lipinski definition) is 5. The van der Waals surface area contributed by atoms with Gasteiger partial charge in [-0.05, 0) is 49.0 Å². The zero-order chi connectivity index (χ0) is 18.5. The Morgan fingerprint density at radius 3 is 2.65 bits per heavy atom. The van der Waals surface area contributed by atoms with E-state index in [9.17, 15) is 4.79 Å². The van der Waals surface area contributed by atoms with Crippen LogP contribution in [0.25, 0.3) is 5.69 Å². The average molecular weight is 422 g/mol. The number of nitrogens with one attached hydrogen (secondary N) is 1. The van der Waals surface area contributed by atoms with Crippen molar-refractivity contribution in [1.82, 2.24) is 15.1 Å². The van der Waals surface area contributed by atoms with Gasteiger partial charge in [0.2, 0.25) is 5.91 Å². The number of halogens is 1. The maximum Gasteiger partial charge on any atom is 0.230 e. The summed E-state index contributed by atoms with van der Waals surface area (Å²) < 4.78 is 3.07. The molecular formula is C18H16ClN3OS3. The zero-order valence-corrected chi connectivity index (χ0v) is 17.1. The van der Waals surface area contributed by atoms with Gasteiger partial charge in [0.25, 0.3) is 0 Å². The standard InChI is InChI=1S/C18H16ClN3OS3/c1-12(13-5-3-2-4-6-13)20-16(23)11-25-17-21-22(18(24)26-17)15-9-7-14(19)8-10-15/h2-10,12H,11H2,1H3,(H,20,23). The number of carbonyl (C=O) groups is 1. The van der Waals surface area contributed by atoms with E-state index in [-0.39, 0.29) is 11.9 Å². The molecule has 0 aliphatic carbocycles. The van der Waals surface area contributed by atoms with Crippen LogP contribution in [0.2, 0.25) is 5.02 Å². The number of amides is 1. The largest absolute Gasteiger partial charge is 0.349 e. The van der Waals surface area contributed by atoms with Gasteiger partial charge in [-0.25, -0.2) is 4.68 Å². The van der Waals surface area contributed by atoms with Crippen molar-refractivity contribution in [3.05, 3.63) is 69.1 Å². The Kier molecular flexibility index (Phi) is 6.48. The van der Waals surface area contributed by atoms with Gasteiger partial charge in [0, 0.05) is 5.02 Å². The van der Waals surface area contributed by atoms with E-state index >= 15 is 0 Å². The average Bonchev–Trinajstić information content (AvgIpc) is 3.02. The number of nitrogens with zero attached hydrogens (tertiary/aromatic N) is 2. The highest BCUT2D eigenvalue weighted by atomic mass is 35.5. The quantitative estimate of drug-likeness (QED) is 0.434. The zero-order valence-electron chi connectivity index (χ0n) is 13.9. The van der Waals surface area contributed by atoms with Crippen LogP contribution in [0.15, 0.2) is 58.9 Å². The minimum absolute atomic E-state index is 0.0332. The predicted molar refractivity (Wildman–Crippen MR) is 111 cm³/mol. The molecule has 0 radical (unpaired) electrons. The van der Waals surface area contributed by atoms with Crippen molar-refractivity contribution < 1.29 is 4.79 Å². The van der Waals surface area contributed by atoms with Gasteiger partial charge in [0.1, 0.15) is 0 Å². The van der Waals surface area contributed by atoms with E-state index in [1.165, 1.54) is 23.1 Å². The van der Waals surface area contributed by atoms with E-state index in [0.717, 1.165) is 15.6 Å². The lowest BCUT2D eigenvalue weighted by atomic mass is 10.1. The van der Waals surface area contributed by atoms with Crippen molar-refractivity contribution in [3.63, 3.8) is 0 Å². The summed E-state index contributed by atoms with van der Waals surface area (Å²) in [6, 6.07) is 17.2. The Labute approximate surface area is 170 Å². The third-order valence-electron chi connectivity index (χ3n) is 3.60. The van der Waals surface area contributed by atoms with E-state index in [4.69, 9.17) is 23.8 Å². The van der Waals surface area contributed by atoms with E-state index in [0.29, 0.717) is 14.7 Å². The summed E-state index contributed by atoms with van der Waals surface area (Å²) in [7, 11) is 0.